The summed E-state index contributed by atoms with van der Waals surface area (Å²) in [6.45, 7) is 7.32. The molecule has 76 valence electrons. The second kappa shape index (κ2) is 4.53. The minimum atomic E-state index is 0.587. The maximum atomic E-state index is 2.45. The summed E-state index contributed by atoms with van der Waals surface area (Å²) < 4.78 is 0. The molecule has 0 aromatic carbocycles. The van der Waals surface area contributed by atoms with Gasteiger partial charge >= 0.3 is 0 Å². The van der Waals surface area contributed by atoms with E-state index in [1.807, 2.05) is 0 Å². The molecule has 1 heteroatoms. The van der Waals surface area contributed by atoms with E-state index in [9.17, 15) is 0 Å². The summed E-state index contributed by atoms with van der Waals surface area (Å²) >= 11 is 0. The molecule has 0 radical (unpaired) electrons. The van der Waals surface area contributed by atoms with Crippen LogP contribution in [0.15, 0.2) is 0 Å². The molecule has 0 aromatic heterocycles. The topological polar surface area (TPSA) is 0 Å². The zero-order chi connectivity index (χ0) is 9.90. The first-order valence-corrected chi connectivity index (χ1v) is 6.02. The lowest BCUT2D eigenvalue weighted by Gasteiger charge is -2.31. The van der Waals surface area contributed by atoms with Gasteiger partial charge in [-0.3, -0.25) is 0 Å². The number of hydrogen-bond donors (Lipinski definition) is 0. The second-order valence-electron chi connectivity index (χ2n) is 5.82. The molecular formula is C12H25B. The van der Waals surface area contributed by atoms with Gasteiger partial charge in [0.1, 0.15) is 7.85 Å². The van der Waals surface area contributed by atoms with Crippen LogP contribution in [0.5, 0.6) is 0 Å². The van der Waals surface area contributed by atoms with Gasteiger partial charge in [0.25, 0.3) is 0 Å². The van der Waals surface area contributed by atoms with Crippen molar-refractivity contribution >= 4 is 7.85 Å². The van der Waals surface area contributed by atoms with Crippen LogP contribution >= 0.6 is 0 Å². The van der Waals surface area contributed by atoms with Gasteiger partial charge in [-0.2, -0.15) is 0 Å². The first-order chi connectivity index (χ1) is 6.02. The zero-order valence-electron chi connectivity index (χ0n) is 9.90. The van der Waals surface area contributed by atoms with Gasteiger partial charge in [-0.15, -0.1) is 0 Å². The molecule has 1 fully saturated rings. The van der Waals surface area contributed by atoms with Crippen molar-refractivity contribution in [3.63, 3.8) is 0 Å². The van der Waals surface area contributed by atoms with E-state index in [1.54, 1.807) is 0 Å². The minimum absolute atomic E-state index is 0.587. The van der Waals surface area contributed by atoms with E-state index in [2.05, 4.69) is 28.6 Å². The van der Waals surface area contributed by atoms with Crippen LogP contribution in [0.2, 0.25) is 5.31 Å². The van der Waals surface area contributed by atoms with E-state index in [1.165, 1.54) is 38.5 Å². The highest BCUT2D eigenvalue weighted by atomic mass is 14.3. The quantitative estimate of drug-likeness (QED) is 0.501. The highest BCUT2D eigenvalue weighted by molar-refractivity contribution is 6.15. The standard InChI is InChI=1S/C12H25B/c1-10-6-4-5-9-12(3,13)11(2)8-7-10/h10-11H,4-9,13H2,1-3H3/t10-,11?,12+/m1/s1. The predicted octanol–water partition coefficient (Wildman–Crippen LogP) is 3.42. The Morgan fingerprint density at radius 3 is 2.46 bits per heavy atom. The third-order valence-corrected chi connectivity index (χ3v) is 4.19. The minimum Gasteiger partial charge on any atom is -0.0667 e. The third kappa shape index (κ3) is 3.36. The highest BCUT2D eigenvalue weighted by Crippen LogP contribution is 2.41. The van der Waals surface area contributed by atoms with Crippen molar-refractivity contribution in [2.75, 3.05) is 0 Å². The Morgan fingerprint density at radius 2 is 1.77 bits per heavy atom. The summed E-state index contributed by atoms with van der Waals surface area (Å²) in [5, 5.41) is 0.587. The molecular weight excluding hydrogens is 155 g/mol. The van der Waals surface area contributed by atoms with Gasteiger partial charge in [-0.25, -0.2) is 0 Å². The van der Waals surface area contributed by atoms with Crippen LogP contribution in [0.1, 0.15) is 59.3 Å². The normalized spacial score (nSPS) is 43.3. The van der Waals surface area contributed by atoms with E-state index >= 15 is 0 Å². The Bertz CT molecular complexity index is 151. The largest absolute Gasteiger partial charge is 0.109 e. The zero-order valence-corrected chi connectivity index (χ0v) is 9.90. The molecule has 1 aliphatic carbocycles. The molecule has 0 nitrogen and oxygen atoms in total. The Balaban J connectivity index is 2.52. The Morgan fingerprint density at radius 1 is 1.08 bits per heavy atom. The van der Waals surface area contributed by atoms with Crippen molar-refractivity contribution in [2.24, 2.45) is 11.8 Å². The Labute approximate surface area is 84.9 Å². The van der Waals surface area contributed by atoms with Gasteiger partial charge in [0.2, 0.25) is 0 Å². The SMILES string of the molecule is B[C@@]1(C)CCCC[C@@H](C)CCC1C. The van der Waals surface area contributed by atoms with Crippen LogP contribution in [0, 0.1) is 11.8 Å². The Hall–Kier alpha value is 0.0649. The van der Waals surface area contributed by atoms with Gasteiger partial charge in [-0.1, -0.05) is 64.6 Å². The molecule has 3 atom stereocenters. The number of hydrogen-bond acceptors (Lipinski definition) is 0. The van der Waals surface area contributed by atoms with E-state index < -0.39 is 0 Å². The fourth-order valence-electron chi connectivity index (χ4n) is 2.39. The molecule has 0 aliphatic heterocycles. The molecule has 0 aromatic rings. The van der Waals surface area contributed by atoms with E-state index in [-0.39, 0.29) is 0 Å². The van der Waals surface area contributed by atoms with Crippen LogP contribution in [-0.2, 0) is 0 Å². The van der Waals surface area contributed by atoms with Crippen molar-refractivity contribution < 1.29 is 0 Å². The van der Waals surface area contributed by atoms with Gasteiger partial charge in [0.15, 0.2) is 0 Å². The average Bonchev–Trinajstić information content (AvgIpc) is 2.11. The third-order valence-electron chi connectivity index (χ3n) is 4.19. The molecule has 0 N–H and O–H groups in total. The van der Waals surface area contributed by atoms with E-state index in [0.29, 0.717) is 5.31 Å². The van der Waals surface area contributed by atoms with Crippen LogP contribution in [-0.4, -0.2) is 7.85 Å². The maximum Gasteiger partial charge on any atom is 0.109 e. The monoisotopic (exact) mass is 180 g/mol. The number of rotatable bonds is 0. The van der Waals surface area contributed by atoms with Crippen molar-refractivity contribution in [1.82, 2.24) is 0 Å². The summed E-state index contributed by atoms with van der Waals surface area (Å²) in [4.78, 5) is 0. The molecule has 0 saturated heterocycles. The fraction of sp³-hybridized carbons (Fsp3) is 1.00. The first-order valence-electron chi connectivity index (χ1n) is 6.02. The molecule has 13 heavy (non-hydrogen) atoms. The molecule has 1 rings (SSSR count). The second-order valence-corrected chi connectivity index (χ2v) is 5.82. The van der Waals surface area contributed by atoms with E-state index in [0.717, 1.165) is 11.8 Å². The molecule has 0 amide bonds. The average molecular weight is 180 g/mol. The fourth-order valence-corrected chi connectivity index (χ4v) is 2.39. The van der Waals surface area contributed by atoms with Crippen molar-refractivity contribution in [1.29, 1.82) is 0 Å². The molecule has 1 aliphatic rings. The van der Waals surface area contributed by atoms with Gasteiger partial charge in [0, 0.05) is 0 Å². The van der Waals surface area contributed by atoms with Crippen LogP contribution in [0.25, 0.3) is 0 Å². The smallest absolute Gasteiger partial charge is 0.0667 e. The summed E-state index contributed by atoms with van der Waals surface area (Å²) in [6.07, 6.45) is 8.68. The summed E-state index contributed by atoms with van der Waals surface area (Å²) in [7, 11) is 2.45. The van der Waals surface area contributed by atoms with Crippen LogP contribution < -0.4 is 0 Å². The summed E-state index contributed by atoms with van der Waals surface area (Å²) in [5.74, 6) is 1.88. The lowest BCUT2D eigenvalue weighted by Crippen LogP contribution is -2.18. The molecule has 1 saturated carbocycles. The lowest BCUT2D eigenvalue weighted by molar-refractivity contribution is 0.347. The summed E-state index contributed by atoms with van der Waals surface area (Å²) in [6, 6.07) is 0. The van der Waals surface area contributed by atoms with Crippen LogP contribution in [0.4, 0.5) is 0 Å². The van der Waals surface area contributed by atoms with Gasteiger partial charge in [-0.05, 0) is 11.8 Å². The van der Waals surface area contributed by atoms with Crippen molar-refractivity contribution in [3.8, 4) is 0 Å². The lowest BCUT2D eigenvalue weighted by atomic mass is 9.59. The van der Waals surface area contributed by atoms with Crippen molar-refractivity contribution in [2.45, 2.75) is 64.6 Å². The van der Waals surface area contributed by atoms with Crippen molar-refractivity contribution in [3.05, 3.63) is 0 Å². The highest BCUT2D eigenvalue weighted by Gasteiger charge is 2.26. The van der Waals surface area contributed by atoms with Crippen LogP contribution in [0.3, 0.4) is 0 Å². The Kier molecular flexibility index (Phi) is 3.88. The molecule has 0 bridgehead atoms. The van der Waals surface area contributed by atoms with Gasteiger partial charge < -0.3 is 0 Å². The predicted molar refractivity (Wildman–Crippen MR) is 62.9 cm³/mol. The molecule has 1 unspecified atom stereocenters. The molecule has 0 heterocycles. The summed E-state index contributed by atoms with van der Waals surface area (Å²) in [5.41, 5.74) is 0. The molecule has 0 spiro atoms. The van der Waals surface area contributed by atoms with E-state index in [4.69, 9.17) is 0 Å². The maximum absolute atomic E-state index is 2.45. The van der Waals surface area contributed by atoms with Gasteiger partial charge in [0.05, 0.1) is 0 Å². The first kappa shape index (κ1) is 11.1.